The number of benzene rings is 1. The lowest BCUT2D eigenvalue weighted by molar-refractivity contribution is -0.116. The Morgan fingerprint density at radius 3 is 2.96 bits per heavy atom. The minimum atomic E-state index is -0.163. The van der Waals surface area contributed by atoms with E-state index in [9.17, 15) is 4.79 Å². The third-order valence-corrected chi connectivity index (χ3v) is 5.77. The lowest BCUT2D eigenvalue weighted by Crippen LogP contribution is -2.24. The summed E-state index contributed by atoms with van der Waals surface area (Å²) in [7, 11) is 0. The zero-order chi connectivity index (χ0) is 19.0. The number of carbonyl (C=O) groups excluding carboxylic acids is 1. The second kappa shape index (κ2) is 7.03. The van der Waals surface area contributed by atoms with E-state index in [1.165, 1.54) is 0 Å². The number of aryl methyl sites for hydroxylation is 2. The van der Waals surface area contributed by atoms with Crippen LogP contribution < -0.4 is 5.32 Å². The number of hydrogen-bond acceptors (Lipinski definition) is 4. The number of rotatable bonds is 2. The predicted molar refractivity (Wildman–Crippen MR) is 106 cm³/mol. The molecule has 5 nitrogen and oxygen atoms in total. The fraction of sp³-hybridized carbons (Fsp3) is 0.238. The van der Waals surface area contributed by atoms with Gasteiger partial charge in [0.05, 0.1) is 11.4 Å². The van der Waals surface area contributed by atoms with E-state index < -0.39 is 0 Å². The first kappa shape index (κ1) is 17.5. The first-order valence-corrected chi connectivity index (χ1v) is 9.60. The fourth-order valence-corrected chi connectivity index (χ4v) is 4.46. The summed E-state index contributed by atoms with van der Waals surface area (Å²) >= 11 is 1.59. The van der Waals surface area contributed by atoms with Crippen LogP contribution in [0, 0.1) is 25.7 Å². The number of fused-ring (bicyclic) bond motifs is 1. The van der Waals surface area contributed by atoms with E-state index in [1.807, 2.05) is 54.2 Å². The average Bonchev–Trinajstić information content (AvgIpc) is 3.25. The summed E-state index contributed by atoms with van der Waals surface area (Å²) < 4.78 is 1.84. The third-order valence-electron chi connectivity index (χ3n) is 4.72. The zero-order valence-electron chi connectivity index (χ0n) is 15.1. The molecular formula is C21H19N3O2S. The van der Waals surface area contributed by atoms with Crippen LogP contribution >= 0.6 is 11.3 Å². The number of amides is 1. The molecule has 1 amide bonds. The van der Waals surface area contributed by atoms with Crippen molar-refractivity contribution >= 4 is 23.1 Å². The highest BCUT2D eigenvalue weighted by Crippen LogP contribution is 2.42. The van der Waals surface area contributed by atoms with Gasteiger partial charge in [0.2, 0.25) is 5.91 Å². The van der Waals surface area contributed by atoms with Gasteiger partial charge in [-0.15, -0.1) is 11.3 Å². The van der Waals surface area contributed by atoms with Crippen LogP contribution in [0.25, 0.3) is 5.69 Å². The summed E-state index contributed by atoms with van der Waals surface area (Å²) in [5.74, 6) is 6.29. The normalized spacial score (nSPS) is 15.7. The van der Waals surface area contributed by atoms with E-state index >= 15 is 0 Å². The molecule has 1 aliphatic heterocycles. The molecule has 1 atom stereocenters. The smallest absolute Gasteiger partial charge is 0.226 e. The largest absolute Gasteiger partial charge is 0.384 e. The van der Waals surface area contributed by atoms with Crippen molar-refractivity contribution in [3.8, 4) is 17.5 Å². The summed E-state index contributed by atoms with van der Waals surface area (Å²) in [5, 5.41) is 18.6. The summed E-state index contributed by atoms with van der Waals surface area (Å²) in [4.78, 5) is 13.5. The van der Waals surface area contributed by atoms with Crippen molar-refractivity contribution in [2.24, 2.45) is 0 Å². The van der Waals surface area contributed by atoms with Gasteiger partial charge < -0.3 is 10.4 Å². The van der Waals surface area contributed by atoms with Gasteiger partial charge in [0.25, 0.3) is 0 Å². The van der Waals surface area contributed by atoms with Crippen LogP contribution in [0.15, 0.2) is 35.7 Å². The molecule has 2 aromatic heterocycles. The van der Waals surface area contributed by atoms with Gasteiger partial charge in [0.15, 0.2) is 0 Å². The third kappa shape index (κ3) is 3.16. The van der Waals surface area contributed by atoms with Crippen LogP contribution in [0.1, 0.15) is 39.6 Å². The van der Waals surface area contributed by atoms with Crippen LogP contribution in [0.3, 0.4) is 0 Å². The van der Waals surface area contributed by atoms with E-state index in [-0.39, 0.29) is 18.4 Å². The lowest BCUT2D eigenvalue weighted by atomic mass is 9.90. The van der Waals surface area contributed by atoms with Crippen LogP contribution in [-0.2, 0) is 4.79 Å². The molecule has 0 radical (unpaired) electrons. The van der Waals surface area contributed by atoms with Gasteiger partial charge in [-0.3, -0.25) is 4.79 Å². The summed E-state index contributed by atoms with van der Waals surface area (Å²) in [6.45, 7) is 3.86. The van der Waals surface area contributed by atoms with Crippen LogP contribution in [0.5, 0.6) is 0 Å². The number of thiophene rings is 1. The Labute approximate surface area is 161 Å². The number of nitrogens with zero attached hydrogens (tertiary/aromatic N) is 2. The molecule has 4 rings (SSSR count). The SMILES string of the molecule is Cc1ccccc1-n1nc(C)c2c1NC(=O)CC2c1cc(C#CCO)cs1. The second-order valence-corrected chi connectivity index (χ2v) is 7.49. The van der Waals surface area contributed by atoms with E-state index in [1.54, 1.807) is 11.3 Å². The molecule has 27 heavy (non-hydrogen) atoms. The molecule has 136 valence electrons. The van der Waals surface area contributed by atoms with E-state index in [4.69, 9.17) is 10.2 Å². The number of carbonyl (C=O) groups is 1. The second-order valence-electron chi connectivity index (χ2n) is 6.55. The molecule has 6 heteroatoms. The summed E-state index contributed by atoms with van der Waals surface area (Å²) in [6.07, 6.45) is 0.390. The first-order chi connectivity index (χ1) is 13.1. The lowest BCUT2D eigenvalue weighted by Gasteiger charge is -2.23. The highest BCUT2D eigenvalue weighted by molar-refractivity contribution is 7.10. The van der Waals surface area contributed by atoms with Gasteiger partial charge in [-0.2, -0.15) is 5.10 Å². The van der Waals surface area contributed by atoms with Crippen molar-refractivity contribution in [1.82, 2.24) is 9.78 Å². The summed E-state index contributed by atoms with van der Waals surface area (Å²) in [6, 6.07) is 10.0. The Hall–Kier alpha value is -2.88. The summed E-state index contributed by atoms with van der Waals surface area (Å²) in [5.41, 5.74) is 4.89. The van der Waals surface area contributed by atoms with Crippen molar-refractivity contribution in [3.63, 3.8) is 0 Å². The van der Waals surface area contributed by atoms with Gasteiger partial charge >= 0.3 is 0 Å². The van der Waals surface area contributed by atoms with Gasteiger partial charge in [0.1, 0.15) is 12.4 Å². The standard InChI is InChI=1S/C21H19N3O2S/c1-13-6-3-4-8-17(13)24-21-20(14(2)23-24)16(11-19(26)22-21)18-10-15(12-27-18)7-5-9-25/h3-4,6,8,10,12,16,25H,9,11H2,1-2H3,(H,22,26). The quantitative estimate of drug-likeness (QED) is 0.673. The van der Waals surface area contributed by atoms with Crippen molar-refractivity contribution in [3.05, 3.63) is 63.0 Å². The van der Waals surface area contributed by atoms with Gasteiger partial charge in [-0.25, -0.2) is 4.68 Å². The maximum atomic E-state index is 12.5. The minimum absolute atomic E-state index is 0.0152. The van der Waals surface area contributed by atoms with Crippen LogP contribution in [0.2, 0.25) is 0 Å². The van der Waals surface area contributed by atoms with Crippen molar-refractivity contribution < 1.29 is 9.90 Å². The van der Waals surface area contributed by atoms with Crippen molar-refractivity contribution in [2.75, 3.05) is 11.9 Å². The van der Waals surface area contributed by atoms with E-state index in [0.717, 1.165) is 38.8 Å². The molecule has 0 bridgehead atoms. The Morgan fingerprint density at radius 1 is 1.37 bits per heavy atom. The van der Waals surface area contributed by atoms with Crippen molar-refractivity contribution in [2.45, 2.75) is 26.2 Å². The molecule has 0 spiro atoms. The Bertz CT molecular complexity index is 1080. The Kier molecular flexibility index (Phi) is 4.56. The highest BCUT2D eigenvalue weighted by Gasteiger charge is 2.33. The first-order valence-electron chi connectivity index (χ1n) is 8.72. The van der Waals surface area contributed by atoms with Crippen molar-refractivity contribution in [1.29, 1.82) is 0 Å². The average molecular weight is 377 g/mol. The topological polar surface area (TPSA) is 67.2 Å². The van der Waals surface area contributed by atoms with E-state index in [0.29, 0.717) is 6.42 Å². The number of aliphatic hydroxyl groups excluding tert-OH is 1. The molecule has 0 aliphatic carbocycles. The number of anilines is 1. The number of nitrogens with one attached hydrogen (secondary N) is 1. The molecule has 3 aromatic rings. The molecule has 3 heterocycles. The Balaban J connectivity index is 1.82. The highest BCUT2D eigenvalue weighted by atomic mass is 32.1. The number of aliphatic hydroxyl groups is 1. The zero-order valence-corrected chi connectivity index (χ0v) is 15.9. The molecular weight excluding hydrogens is 358 g/mol. The number of hydrogen-bond donors (Lipinski definition) is 2. The molecule has 1 aliphatic rings. The van der Waals surface area contributed by atoms with Crippen LogP contribution in [0.4, 0.5) is 5.82 Å². The number of para-hydroxylation sites is 1. The molecule has 0 fully saturated rings. The molecule has 1 aromatic carbocycles. The molecule has 0 saturated carbocycles. The fourth-order valence-electron chi connectivity index (χ4n) is 3.51. The maximum absolute atomic E-state index is 12.5. The van der Waals surface area contributed by atoms with Gasteiger partial charge in [-0.1, -0.05) is 30.0 Å². The Morgan fingerprint density at radius 2 is 2.19 bits per heavy atom. The number of aromatic nitrogens is 2. The maximum Gasteiger partial charge on any atom is 0.226 e. The molecule has 0 saturated heterocycles. The van der Waals surface area contributed by atoms with E-state index in [2.05, 4.69) is 17.2 Å². The predicted octanol–water partition coefficient (Wildman–Crippen LogP) is 3.37. The molecule has 2 N–H and O–H groups in total. The van der Waals surface area contributed by atoms with Gasteiger partial charge in [0, 0.05) is 33.7 Å². The monoisotopic (exact) mass is 377 g/mol. The minimum Gasteiger partial charge on any atom is -0.384 e. The van der Waals surface area contributed by atoms with Gasteiger partial charge in [-0.05, 0) is 31.5 Å². The molecule has 1 unspecified atom stereocenters. The van der Waals surface area contributed by atoms with Crippen LogP contribution in [-0.4, -0.2) is 27.4 Å².